The Hall–Kier alpha value is -2.06. The van der Waals surface area contributed by atoms with Crippen LogP contribution in [0.5, 0.6) is 0 Å². The number of nitrogens with zero attached hydrogens (tertiary/aromatic N) is 6. The average molecular weight is 386 g/mol. The van der Waals surface area contributed by atoms with Crippen molar-refractivity contribution in [3.8, 4) is 0 Å². The Kier molecular flexibility index (Phi) is 6.51. The SMILES string of the molecule is CC(C)c1cnnc(CC(S)c2c[n+](CSc3cnccn3)ccn2)c1. The zero-order valence-electron chi connectivity index (χ0n) is 14.7. The first-order valence-electron chi connectivity index (χ1n) is 8.35. The fourth-order valence-corrected chi connectivity index (χ4v) is 3.38. The zero-order chi connectivity index (χ0) is 18.4. The van der Waals surface area contributed by atoms with Crippen LogP contribution >= 0.6 is 24.4 Å². The molecule has 6 nitrogen and oxygen atoms in total. The van der Waals surface area contributed by atoms with Gasteiger partial charge in [-0.05, 0) is 29.3 Å². The van der Waals surface area contributed by atoms with E-state index in [9.17, 15) is 0 Å². The Morgan fingerprint density at radius 2 is 2.04 bits per heavy atom. The molecule has 8 heteroatoms. The molecule has 0 bridgehead atoms. The maximum atomic E-state index is 4.73. The standard InChI is InChI=1S/C18H20N6S2/c1-13(2)14-7-15(23-22-9-14)8-17(25)16-11-24(6-5-20-16)12-26-18-10-19-3-4-21-18/h3-7,9-11,13,17H,8,12H2,1-2H3/p+1. The number of thioether (sulfide) groups is 1. The summed E-state index contributed by atoms with van der Waals surface area (Å²) in [5, 5.41) is 9.19. The topological polar surface area (TPSA) is 68.3 Å². The Labute approximate surface area is 163 Å². The lowest BCUT2D eigenvalue weighted by atomic mass is 10.0. The predicted molar refractivity (Wildman–Crippen MR) is 104 cm³/mol. The molecule has 0 aromatic carbocycles. The second-order valence-electron chi connectivity index (χ2n) is 6.17. The highest BCUT2D eigenvalue weighted by atomic mass is 32.2. The molecule has 0 aliphatic rings. The third-order valence-electron chi connectivity index (χ3n) is 3.82. The Bertz CT molecular complexity index is 844. The van der Waals surface area contributed by atoms with Crippen LogP contribution in [0.25, 0.3) is 0 Å². The molecule has 3 aromatic rings. The fraction of sp³-hybridized carbons (Fsp3) is 0.333. The van der Waals surface area contributed by atoms with Crippen LogP contribution in [0.15, 0.2) is 54.5 Å². The molecule has 3 aromatic heterocycles. The molecule has 26 heavy (non-hydrogen) atoms. The van der Waals surface area contributed by atoms with E-state index in [2.05, 4.69) is 49.6 Å². The van der Waals surface area contributed by atoms with Crippen molar-refractivity contribution in [2.24, 2.45) is 0 Å². The van der Waals surface area contributed by atoms with Crippen LogP contribution in [-0.4, -0.2) is 25.1 Å². The minimum atomic E-state index is -0.0410. The number of hydrogen-bond donors (Lipinski definition) is 1. The summed E-state index contributed by atoms with van der Waals surface area (Å²) in [6.07, 6.45) is 13.4. The van der Waals surface area contributed by atoms with Crippen molar-refractivity contribution in [1.82, 2.24) is 25.1 Å². The molecule has 0 saturated heterocycles. The van der Waals surface area contributed by atoms with Crippen molar-refractivity contribution in [3.05, 3.63) is 66.4 Å². The van der Waals surface area contributed by atoms with Gasteiger partial charge in [0.05, 0.1) is 29.5 Å². The van der Waals surface area contributed by atoms with E-state index < -0.39 is 0 Å². The molecule has 0 amide bonds. The summed E-state index contributed by atoms with van der Waals surface area (Å²) in [7, 11) is 0. The van der Waals surface area contributed by atoms with E-state index in [-0.39, 0.29) is 5.25 Å². The first kappa shape index (κ1) is 18.7. The molecular formula is C18H21N6S2+. The molecule has 0 aliphatic heterocycles. The van der Waals surface area contributed by atoms with Gasteiger partial charge in [-0.2, -0.15) is 27.4 Å². The summed E-state index contributed by atoms with van der Waals surface area (Å²) < 4.78 is 2.07. The zero-order valence-corrected chi connectivity index (χ0v) is 16.4. The lowest BCUT2D eigenvalue weighted by molar-refractivity contribution is -0.676. The average Bonchev–Trinajstić information content (AvgIpc) is 2.67. The first-order chi connectivity index (χ1) is 12.6. The molecule has 0 aliphatic carbocycles. The maximum absolute atomic E-state index is 4.73. The monoisotopic (exact) mass is 385 g/mol. The highest BCUT2D eigenvalue weighted by Crippen LogP contribution is 2.22. The van der Waals surface area contributed by atoms with Crippen LogP contribution in [0, 0.1) is 0 Å². The van der Waals surface area contributed by atoms with Gasteiger partial charge in [0.25, 0.3) is 0 Å². The first-order valence-corrected chi connectivity index (χ1v) is 9.85. The van der Waals surface area contributed by atoms with Gasteiger partial charge in [0, 0.05) is 18.8 Å². The summed E-state index contributed by atoms with van der Waals surface area (Å²) >= 11 is 6.35. The highest BCUT2D eigenvalue weighted by molar-refractivity contribution is 7.98. The smallest absolute Gasteiger partial charge is 0.200 e. The van der Waals surface area contributed by atoms with Crippen LogP contribution in [0.4, 0.5) is 0 Å². The van der Waals surface area contributed by atoms with Gasteiger partial charge in [0.2, 0.25) is 5.88 Å². The van der Waals surface area contributed by atoms with Gasteiger partial charge in [0.15, 0.2) is 12.4 Å². The Morgan fingerprint density at radius 3 is 2.81 bits per heavy atom. The quantitative estimate of drug-likeness (QED) is 0.383. The molecule has 1 atom stereocenters. The van der Waals surface area contributed by atoms with E-state index in [0.717, 1.165) is 22.3 Å². The molecule has 1 unspecified atom stereocenters. The summed E-state index contributed by atoms with van der Waals surface area (Å²) in [5.41, 5.74) is 3.03. The van der Waals surface area contributed by atoms with E-state index in [4.69, 9.17) is 12.6 Å². The molecule has 0 saturated carbocycles. The van der Waals surface area contributed by atoms with Gasteiger partial charge in [-0.1, -0.05) is 13.8 Å². The Morgan fingerprint density at radius 1 is 1.15 bits per heavy atom. The van der Waals surface area contributed by atoms with E-state index in [0.29, 0.717) is 12.3 Å². The summed E-state index contributed by atoms with van der Waals surface area (Å²) in [6, 6.07) is 2.10. The van der Waals surface area contributed by atoms with Gasteiger partial charge in [0.1, 0.15) is 10.7 Å². The highest BCUT2D eigenvalue weighted by Gasteiger charge is 2.15. The van der Waals surface area contributed by atoms with Crippen molar-refractivity contribution in [2.75, 3.05) is 0 Å². The molecule has 3 heterocycles. The van der Waals surface area contributed by atoms with E-state index in [1.165, 1.54) is 5.56 Å². The third-order valence-corrected chi connectivity index (χ3v) is 5.20. The second kappa shape index (κ2) is 9.05. The van der Waals surface area contributed by atoms with Crippen LogP contribution in [-0.2, 0) is 12.3 Å². The number of rotatable bonds is 7. The van der Waals surface area contributed by atoms with Crippen molar-refractivity contribution in [3.63, 3.8) is 0 Å². The van der Waals surface area contributed by atoms with Crippen molar-refractivity contribution < 1.29 is 4.57 Å². The lowest BCUT2D eigenvalue weighted by Crippen LogP contribution is -2.32. The van der Waals surface area contributed by atoms with E-state index in [1.807, 2.05) is 18.6 Å². The molecule has 0 fully saturated rings. The molecule has 3 rings (SSSR count). The number of thiol groups is 1. The normalized spacial score (nSPS) is 12.3. The van der Waals surface area contributed by atoms with Gasteiger partial charge in [-0.3, -0.25) is 4.98 Å². The van der Waals surface area contributed by atoms with Gasteiger partial charge >= 0.3 is 0 Å². The molecule has 0 N–H and O–H groups in total. The summed E-state index contributed by atoms with van der Waals surface area (Å²) in [6.45, 7) is 4.30. The van der Waals surface area contributed by atoms with Gasteiger partial charge in [-0.15, -0.1) is 0 Å². The fourth-order valence-electron chi connectivity index (χ4n) is 2.35. The Balaban J connectivity index is 1.66. The van der Waals surface area contributed by atoms with Crippen LogP contribution < -0.4 is 4.57 Å². The third kappa shape index (κ3) is 5.22. The minimum absolute atomic E-state index is 0.0410. The van der Waals surface area contributed by atoms with Crippen molar-refractivity contribution >= 4 is 24.4 Å². The van der Waals surface area contributed by atoms with Crippen molar-refractivity contribution in [1.29, 1.82) is 0 Å². The van der Waals surface area contributed by atoms with Crippen LogP contribution in [0.1, 0.15) is 42.0 Å². The van der Waals surface area contributed by atoms with Crippen LogP contribution in [0.3, 0.4) is 0 Å². The predicted octanol–water partition coefficient (Wildman–Crippen LogP) is 3.04. The number of hydrogen-bond acceptors (Lipinski definition) is 7. The maximum Gasteiger partial charge on any atom is 0.200 e. The lowest BCUT2D eigenvalue weighted by Gasteiger charge is -2.10. The molecule has 134 valence electrons. The van der Waals surface area contributed by atoms with E-state index in [1.54, 1.807) is 36.5 Å². The van der Waals surface area contributed by atoms with E-state index >= 15 is 0 Å². The van der Waals surface area contributed by atoms with Gasteiger partial charge in [-0.25, -0.2) is 9.97 Å². The molecule has 0 spiro atoms. The summed E-state index contributed by atoms with van der Waals surface area (Å²) in [4.78, 5) is 12.8. The second-order valence-corrected chi connectivity index (χ2v) is 7.76. The van der Waals surface area contributed by atoms with Crippen LogP contribution in [0.2, 0.25) is 0 Å². The summed E-state index contributed by atoms with van der Waals surface area (Å²) in [5.74, 6) is 1.16. The molecular weight excluding hydrogens is 364 g/mol. The largest absolute Gasteiger partial charge is 0.260 e. The number of aromatic nitrogens is 6. The van der Waals surface area contributed by atoms with Crippen molar-refractivity contribution in [2.45, 2.75) is 42.3 Å². The minimum Gasteiger partial charge on any atom is -0.260 e. The van der Waals surface area contributed by atoms with Gasteiger partial charge < -0.3 is 0 Å². The molecule has 0 radical (unpaired) electrons.